The van der Waals surface area contributed by atoms with Gasteiger partial charge in [0.1, 0.15) is 0 Å². The second kappa shape index (κ2) is 3.89. The van der Waals surface area contributed by atoms with E-state index >= 15 is 0 Å². The van der Waals surface area contributed by atoms with Gasteiger partial charge >= 0.3 is 5.97 Å². The van der Waals surface area contributed by atoms with Crippen LogP contribution in [0, 0.1) is 11.3 Å². The lowest BCUT2D eigenvalue weighted by Crippen LogP contribution is -2.47. The van der Waals surface area contributed by atoms with E-state index in [9.17, 15) is 4.79 Å². The summed E-state index contributed by atoms with van der Waals surface area (Å²) in [5.74, 6) is 0.508. The largest absolute Gasteiger partial charge is 0.469 e. The quantitative estimate of drug-likeness (QED) is 0.634. The van der Waals surface area contributed by atoms with Crippen LogP contribution >= 0.6 is 0 Å². The lowest BCUT2D eigenvalue weighted by atomic mass is 9.59. The van der Waals surface area contributed by atoms with Crippen LogP contribution in [0.25, 0.3) is 0 Å². The summed E-state index contributed by atoms with van der Waals surface area (Å²) in [4.78, 5) is 11.8. The molecular weight excluding hydrogens is 180 g/mol. The number of carbonyl (C=O) groups excluding carboxylic acids is 1. The third-order valence-corrected chi connectivity index (χ3v) is 3.84. The predicted molar refractivity (Wildman–Crippen MR) is 51.8 cm³/mol. The maximum absolute atomic E-state index is 11.8. The van der Waals surface area contributed by atoms with Crippen LogP contribution in [0.4, 0.5) is 0 Å². The van der Waals surface area contributed by atoms with E-state index in [-0.39, 0.29) is 11.4 Å². The molecule has 2 fully saturated rings. The van der Waals surface area contributed by atoms with Gasteiger partial charge in [0.05, 0.1) is 12.5 Å². The Labute approximate surface area is 84.8 Å². The SMILES string of the molecule is COC(=O)C1(C2CCOCC2)CCC1. The lowest BCUT2D eigenvalue weighted by Gasteiger charge is -2.46. The Hall–Kier alpha value is -0.570. The summed E-state index contributed by atoms with van der Waals surface area (Å²) in [6.45, 7) is 1.62. The normalized spacial score (nSPS) is 26.6. The molecule has 1 saturated heterocycles. The molecule has 2 aliphatic rings. The number of rotatable bonds is 2. The minimum atomic E-state index is -0.140. The molecule has 0 aromatic heterocycles. The maximum atomic E-state index is 11.8. The van der Waals surface area contributed by atoms with Gasteiger partial charge in [-0.3, -0.25) is 4.79 Å². The second-order valence-electron chi connectivity index (χ2n) is 4.39. The first-order chi connectivity index (χ1) is 6.79. The first-order valence-electron chi connectivity index (χ1n) is 5.46. The Morgan fingerprint density at radius 1 is 1.36 bits per heavy atom. The van der Waals surface area contributed by atoms with Crippen molar-refractivity contribution < 1.29 is 14.3 Å². The molecule has 0 radical (unpaired) electrons. The molecule has 0 unspecified atom stereocenters. The molecule has 1 aliphatic carbocycles. The zero-order valence-corrected chi connectivity index (χ0v) is 8.75. The maximum Gasteiger partial charge on any atom is 0.312 e. The van der Waals surface area contributed by atoms with Gasteiger partial charge in [0.2, 0.25) is 0 Å². The third kappa shape index (κ3) is 1.44. The first kappa shape index (κ1) is 9.97. The van der Waals surface area contributed by atoms with Crippen molar-refractivity contribution in [2.45, 2.75) is 32.1 Å². The monoisotopic (exact) mass is 198 g/mol. The molecule has 3 nitrogen and oxygen atoms in total. The topological polar surface area (TPSA) is 35.5 Å². The number of hydrogen-bond donors (Lipinski definition) is 0. The fraction of sp³-hybridized carbons (Fsp3) is 0.909. The highest BCUT2D eigenvalue weighted by atomic mass is 16.5. The number of methoxy groups -OCH3 is 1. The molecular formula is C11H18O3. The van der Waals surface area contributed by atoms with E-state index in [4.69, 9.17) is 9.47 Å². The summed E-state index contributed by atoms with van der Waals surface area (Å²) in [5.41, 5.74) is -0.140. The molecule has 0 amide bonds. The van der Waals surface area contributed by atoms with E-state index in [2.05, 4.69) is 0 Å². The van der Waals surface area contributed by atoms with Gasteiger partial charge < -0.3 is 9.47 Å². The zero-order chi connectivity index (χ0) is 10.0. The van der Waals surface area contributed by atoms with Crippen LogP contribution in [-0.4, -0.2) is 26.3 Å². The molecule has 80 valence electrons. The molecule has 1 saturated carbocycles. The van der Waals surface area contributed by atoms with Crippen LogP contribution in [0.1, 0.15) is 32.1 Å². The molecule has 0 aromatic carbocycles. The molecule has 1 heterocycles. The third-order valence-electron chi connectivity index (χ3n) is 3.84. The minimum absolute atomic E-state index is 0.00986. The highest BCUT2D eigenvalue weighted by Crippen LogP contribution is 2.51. The second-order valence-corrected chi connectivity index (χ2v) is 4.39. The molecule has 0 N–H and O–H groups in total. The average molecular weight is 198 g/mol. The van der Waals surface area contributed by atoms with Crippen LogP contribution in [0.5, 0.6) is 0 Å². The van der Waals surface area contributed by atoms with Crippen molar-refractivity contribution >= 4 is 5.97 Å². The van der Waals surface area contributed by atoms with Gasteiger partial charge in [0, 0.05) is 13.2 Å². The van der Waals surface area contributed by atoms with Gasteiger partial charge in [-0.05, 0) is 31.6 Å². The van der Waals surface area contributed by atoms with Crippen molar-refractivity contribution in [1.29, 1.82) is 0 Å². The van der Waals surface area contributed by atoms with Crippen LogP contribution in [0.3, 0.4) is 0 Å². The van der Waals surface area contributed by atoms with E-state index in [0.29, 0.717) is 5.92 Å². The Morgan fingerprint density at radius 3 is 2.43 bits per heavy atom. The van der Waals surface area contributed by atoms with Gasteiger partial charge in [-0.15, -0.1) is 0 Å². The van der Waals surface area contributed by atoms with Crippen molar-refractivity contribution in [3.8, 4) is 0 Å². The summed E-state index contributed by atoms with van der Waals surface area (Å²) < 4.78 is 10.3. The fourth-order valence-electron chi connectivity index (χ4n) is 2.79. The summed E-state index contributed by atoms with van der Waals surface area (Å²) in [6, 6.07) is 0. The predicted octanol–water partition coefficient (Wildman–Crippen LogP) is 1.76. The van der Waals surface area contributed by atoms with E-state index in [1.807, 2.05) is 0 Å². The number of hydrogen-bond acceptors (Lipinski definition) is 3. The highest BCUT2D eigenvalue weighted by molar-refractivity contribution is 5.78. The minimum Gasteiger partial charge on any atom is -0.469 e. The molecule has 1 aliphatic heterocycles. The zero-order valence-electron chi connectivity index (χ0n) is 8.75. The summed E-state index contributed by atoms with van der Waals surface area (Å²) in [5, 5.41) is 0. The van der Waals surface area contributed by atoms with Crippen LogP contribution in [-0.2, 0) is 14.3 Å². The van der Waals surface area contributed by atoms with Crippen molar-refractivity contribution in [2.24, 2.45) is 11.3 Å². The van der Waals surface area contributed by atoms with Gasteiger partial charge in [-0.2, -0.15) is 0 Å². The number of carbonyl (C=O) groups is 1. The molecule has 0 aromatic rings. The van der Waals surface area contributed by atoms with E-state index in [0.717, 1.165) is 38.9 Å². The number of esters is 1. The molecule has 3 heteroatoms. The van der Waals surface area contributed by atoms with Crippen molar-refractivity contribution in [3.05, 3.63) is 0 Å². The summed E-state index contributed by atoms with van der Waals surface area (Å²) >= 11 is 0. The first-order valence-corrected chi connectivity index (χ1v) is 5.46. The average Bonchev–Trinajstić information content (AvgIpc) is 2.17. The van der Waals surface area contributed by atoms with Gasteiger partial charge in [0.25, 0.3) is 0 Å². The van der Waals surface area contributed by atoms with Gasteiger partial charge in [-0.25, -0.2) is 0 Å². The Kier molecular flexibility index (Phi) is 2.77. The highest BCUT2D eigenvalue weighted by Gasteiger charge is 2.51. The van der Waals surface area contributed by atoms with E-state index < -0.39 is 0 Å². The molecule has 0 bridgehead atoms. The lowest BCUT2D eigenvalue weighted by molar-refractivity contribution is -0.167. The van der Waals surface area contributed by atoms with E-state index in [1.165, 1.54) is 13.5 Å². The Bertz CT molecular complexity index is 215. The Balaban J connectivity index is 2.06. The molecule has 0 spiro atoms. The smallest absolute Gasteiger partial charge is 0.312 e. The van der Waals surface area contributed by atoms with Crippen LogP contribution in [0.15, 0.2) is 0 Å². The molecule has 0 atom stereocenters. The van der Waals surface area contributed by atoms with E-state index in [1.54, 1.807) is 0 Å². The van der Waals surface area contributed by atoms with Gasteiger partial charge in [-0.1, -0.05) is 6.42 Å². The van der Waals surface area contributed by atoms with Crippen molar-refractivity contribution in [2.75, 3.05) is 20.3 Å². The Morgan fingerprint density at radius 2 is 2.00 bits per heavy atom. The van der Waals surface area contributed by atoms with Crippen molar-refractivity contribution in [3.63, 3.8) is 0 Å². The molecule has 14 heavy (non-hydrogen) atoms. The van der Waals surface area contributed by atoms with Crippen LogP contribution < -0.4 is 0 Å². The fourth-order valence-corrected chi connectivity index (χ4v) is 2.79. The van der Waals surface area contributed by atoms with Crippen LogP contribution in [0.2, 0.25) is 0 Å². The molecule has 2 rings (SSSR count). The number of ether oxygens (including phenoxy) is 2. The van der Waals surface area contributed by atoms with Crippen molar-refractivity contribution in [1.82, 2.24) is 0 Å². The van der Waals surface area contributed by atoms with Gasteiger partial charge in [0.15, 0.2) is 0 Å². The summed E-state index contributed by atoms with van der Waals surface area (Å²) in [7, 11) is 1.50. The summed E-state index contributed by atoms with van der Waals surface area (Å²) in [6.07, 6.45) is 5.26. The standard InChI is InChI=1S/C11H18O3/c1-13-10(12)11(5-2-6-11)9-3-7-14-8-4-9/h9H,2-8H2,1H3.